The lowest BCUT2D eigenvalue weighted by Gasteiger charge is -2.06. The number of rotatable bonds is 10. The van der Waals surface area contributed by atoms with Crippen molar-refractivity contribution in [2.75, 3.05) is 13.1 Å². The van der Waals surface area contributed by atoms with Crippen molar-refractivity contribution >= 4 is 21.4 Å². The number of sulfonamides is 1. The summed E-state index contributed by atoms with van der Waals surface area (Å²) in [6, 6.07) is 1.78. The second-order valence-corrected chi connectivity index (χ2v) is 8.91. The molecule has 1 aromatic heterocycles. The molecule has 0 fully saturated rings. The first-order valence-corrected chi connectivity index (χ1v) is 9.96. The maximum Gasteiger partial charge on any atom is 0.250 e. The highest BCUT2D eigenvalue weighted by Crippen LogP contribution is 2.25. The molecule has 122 valence electrons. The van der Waals surface area contributed by atoms with Crippen molar-refractivity contribution in [3.8, 4) is 0 Å². The first kappa shape index (κ1) is 18.6. The fourth-order valence-electron chi connectivity index (χ4n) is 1.96. The Morgan fingerprint density at radius 2 is 2.00 bits per heavy atom. The van der Waals surface area contributed by atoms with Gasteiger partial charge in [-0.2, -0.15) is 0 Å². The van der Waals surface area contributed by atoms with E-state index in [4.69, 9.17) is 0 Å². The van der Waals surface area contributed by atoms with Crippen LogP contribution in [-0.2, 0) is 16.6 Å². The van der Waals surface area contributed by atoms with E-state index in [-0.39, 0.29) is 0 Å². The Bertz CT molecular complexity index is 522. The van der Waals surface area contributed by atoms with Crippen molar-refractivity contribution in [1.82, 2.24) is 10.0 Å². The molecule has 1 aromatic rings. The topological polar surface area (TPSA) is 58.2 Å². The molecule has 0 saturated carbocycles. The molecule has 0 spiro atoms. The van der Waals surface area contributed by atoms with Gasteiger partial charge >= 0.3 is 0 Å². The van der Waals surface area contributed by atoms with Crippen LogP contribution < -0.4 is 10.0 Å². The van der Waals surface area contributed by atoms with Gasteiger partial charge < -0.3 is 5.32 Å². The van der Waals surface area contributed by atoms with Gasteiger partial charge in [-0.1, -0.05) is 20.8 Å². The fourth-order valence-corrected chi connectivity index (χ4v) is 4.64. The van der Waals surface area contributed by atoms with Crippen LogP contribution >= 0.6 is 11.3 Å². The Balaban J connectivity index is 2.60. The van der Waals surface area contributed by atoms with E-state index in [1.165, 1.54) is 11.3 Å². The van der Waals surface area contributed by atoms with Crippen LogP contribution in [0.15, 0.2) is 10.3 Å². The van der Waals surface area contributed by atoms with E-state index in [2.05, 4.69) is 30.8 Å². The number of thiophene rings is 1. The van der Waals surface area contributed by atoms with Crippen molar-refractivity contribution in [2.45, 2.75) is 57.7 Å². The zero-order valence-corrected chi connectivity index (χ0v) is 15.2. The average Bonchev–Trinajstić information content (AvgIpc) is 2.77. The molecule has 0 aliphatic heterocycles. The Kier molecular flexibility index (Phi) is 7.87. The molecule has 0 aliphatic carbocycles. The molecule has 0 unspecified atom stereocenters. The molecular weight excluding hydrogens is 304 g/mol. The molecule has 21 heavy (non-hydrogen) atoms. The molecule has 1 heterocycles. The predicted octanol–water partition coefficient (Wildman–Crippen LogP) is 3.27. The molecule has 4 nitrogen and oxygen atoms in total. The van der Waals surface area contributed by atoms with Gasteiger partial charge in [0.15, 0.2) is 0 Å². The molecule has 1 rings (SSSR count). The first-order chi connectivity index (χ1) is 9.86. The summed E-state index contributed by atoms with van der Waals surface area (Å²) < 4.78 is 27.6. The summed E-state index contributed by atoms with van der Waals surface area (Å²) >= 11 is 1.37. The SMILES string of the molecule is CCCNCc1sc(S(=O)(=O)NCCCC(C)C)cc1C. The molecule has 0 amide bonds. The van der Waals surface area contributed by atoms with Crippen LogP contribution in [0, 0.1) is 12.8 Å². The van der Waals surface area contributed by atoms with Crippen LogP contribution in [0.1, 0.15) is 50.5 Å². The zero-order valence-electron chi connectivity index (χ0n) is 13.5. The molecule has 0 radical (unpaired) electrons. The van der Waals surface area contributed by atoms with E-state index in [0.29, 0.717) is 16.7 Å². The highest BCUT2D eigenvalue weighted by Gasteiger charge is 2.18. The van der Waals surface area contributed by atoms with Gasteiger partial charge in [0.2, 0.25) is 10.0 Å². The molecule has 0 atom stereocenters. The normalized spacial score (nSPS) is 12.2. The minimum Gasteiger partial charge on any atom is -0.312 e. The minimum absolute atomic E-state index is 0.429. The number of aryl methyl sites for hydroxylation is 1. The van der Waals surface area contributed by atoms with E-state index in [9.17, 15) is 8.42 Å². The van der Waals surface area contributed by atoms with Crippen molar-refractivity contribution < 1.29 is 8.42 Å². The van der Waals surface area contributed by atoms with Crippen molar-refractivity contribution in [2.24, 2.45) is 5.92 Å². The number of hydrogen-bond acceptors (Lipinski definition) is 4. The average molecular weight is 333 g/mol. The van der Waals surface area contributed by atoms with Crippen LogP contribution in [-0.4, -0.2) is 21.5 Å². The van der Waals surface area contributed by atoms with Gasteiger partial charge in [0.25, 0.3) is 0 Å². The van der Waals surface area contributed by atoms with Crippen LogP contribution in [0.4, 0.5) is 0 Å². The van der Waals surface area contributed by atoms with Gasteiger partial charge in [0.1, 0.15) is 4.21 Å². The van der Waals surface area contributed by atoms with Crippen LogP contribution in [0.25, 0.3) is 0 Å². The third kappa shape index (κ3) is 6.46. The van der Waals surface area contributed by atoms with E-state index >= 15 is 0 Å². The third-order valence-corrected chi connectivity index (χ3v) is 6.40. The summed E-state index contributed by atoms with van der Waals surface area (Å²) in [5.41, 5.74) is 1.05. The van der Waals surface area contributed by atoms with Crippen LogP contribution in [0.3, 0.4) is 0 Å². The summed E-state index contributed by atoms with van der Waals surface area (Å²) in [5, 5.41) is 3.32. The maximum atomic E-state index is 12.3. The molecule has 6 heteroatoms. The molecular formula is C15H28N2O2S2. The van der Waals surface area contributed by atoms with E-state index in [1.54, 1.807) is 6.07 Å². The van der Waals surface area contributed by atoms with Gasteiger partial charge in [-0.25, -0.2) is 13.1 Å². The predicted molar refractivity (Wildman–Crippen MR) is 90.3 cm³/mol. The summed E-state index contributed by atoms with van der Waals surface area (Å²) in [7, 11) is -3.35. The molecule has 0 aromatic carbocycles. The summed E-state index contributed by atoms with van der Waals surface area (Å²) in [5.74, 6) is 0.606. The largest absolute Gasteiger partial charge is 0.312 e. The lowest BCUT2D eigenvalue weighted by Crippen LogP contribution is -2.24. The first-order valence-electron chi connectivity index (χ1n) is 7.66. The second-order valence-electron chi connectivity index (χ2n) is 5.78. The van der Waals surface area contributed by atoms with Gasteiger partial charge in [-0.3, -0.25) is 0 Å². The van der Waals surface area contributed by atoms with Gasteiger partial charge in [0.05, 0.1) is 0 Å². The third-order valence-electron chi connectivity index (χ3n) is 3.23. The fraction of sp³-hybridized carbons (Fsp3) is 0.733. The lowest BCUT2D eigenvalue weighted by molar-refractivity contribution is 0.540. The van der Waals surface area contributed by atoms with Crippen molar-refractivity contribution in [3.05, 3.63) is 16.5 Å². The van der Waals surface area contributed by atoms with Gasteiger partial charge in [-0.15, -0.1) is 11.3 Å². The number of hydrogen-bond donors (Lipinski definition) is 2. The smallest absolute Gasteiger partial charge is 0.250 e. The van der Waals surface area contributed by atoms with Crippen molar-refractivity contribution in [3.63, 3.8) is 0 Å². The Morgan fingerprint density at radius 1 is 1.29 bits per heavy atom. The second kappa shape index (κ2) is 8.88. The molecule has 0 aliphatic rings. The standard InChI is InChI=1S/C15H28N2O2S2/c1-5-8-16-11-14-13(4)10-15(20-14)21(18,19)17-9-6-7-12(2)3/h10,12,16-17H,5-9,11H2,1-4H3. The summed E-state index contributed by atoms with van der Waals surface area (Å²) in [6.07, 6.45) is 3.00. The minimum atomic E-state index is -3.35. The summed E-state index contributed by atoms with van der Waals surface area (Å²) in [6.45, 7) is 10.6. The van der Waals surface area contributed by atoms with Crippen molar-refractivity contribution in [1.29, 1.82) is 0 Å². The van der Waals surface area contributed by atoms with Crippen LogP contribution in [0.5, 0.6) is 0 Å². The summed E-state index contributed by atoms with van der Waals surface area (Å²) in [4.78, 5) is 1.10. The molecule has 0 saturated heterocycles. The number of nitrogens with one attached hydrogen (secondary N) is 2. The van der Waals surface area contributed by atoms with E-state index < -0.39 is 10.0 Å². The molecule has 0 bridgehead atoms. The highest BCUT2D eigenvalue weighted by atomic mass is 32.2. The van der Waals surface area contributed by atoms with E-state index in [1.807, 2.05) is 6.92 Å². The monoisotopic (exact) mass is 332 g/mol. The zero-order chi connectivity index (χ0) is 15.9. The van der Waals surface area contributed by atoms with Crippen LogP contribution in [0.2, 0.25) is 0 Å². The van der Waals surface area contributed by atoms with E-state index in [0.717, 1.165) is 42.8 Å². The Labute approximate surface area is 133 Å². The molecule has 2 N–H and O–H groups in total. The lowest BCUT2D eigenvalue weighted by atomic mass is 10.1. The quantitative estimate of drug-likeness (QED) is 0.647. The van der Waals surface area contributed by atoms with Gasteiger partial charge in [-0.05, 0) is 50.3 Å². The Hall–Kier alpha value is -0.430. The maximum absolute atomic E-state index is 12.3. The van der Waals surface area contributed by atoms with Gasteiger partial charge in [0, 0.05) is 18.0 Å². The highest BCUT2D eigenvalue weighted by molar-refractivity contribution is 7.91. The Morgan fingerprint density at radius 3 is 2.62 bits per heavy atom.